The molecule has 1 aliphatic rings. The normalized spacial score (nSPS) is 14.4. The van der Waals surface area contributed by atoms with Gasteiger partial charge in [0.25, 0.3) is 0 Å². The molecule has 28 heavy (non-hydrogen) atoms. The molecule has 0 unspecified atom stereocenters. The first-order chi connectivity index (χ1) is 13.5. The van der Waals surface area contributed by atoms with E-state index in [2.05, 4.69) is 25.4 Å². The molecule has 1 fully saturated rings. The number of anilines is 1. The van der Waals surface area contributed by atoms with Crippen LogP contribution in [0.2, 0.25) is 0 Å². The third-order valence-corrected chi connectivity index (χ3v) is 4.96. The Balaban J connectivity index is 1.27. The highest BCUT2D eigenvalue weighted by Crippen LogP contribution is 2.38. The molecule has 0 bridgehead atoms. The van der Waals surface area contributed by atoms with Gasteiger partial charge in [-0.2, -0.15) is 4.98 Å². The Bertz CT molecular complexity index is 722. The van der Waals surface area contributed by atoms with Crippen molar-refractivity contribution in [2.75, 3.05) is 11.9 Å². The van der Waals surface area contributed by atoms with E-state index in [0.717, 1.165) is 75.3 Å². The molecule has 2 aromatic heterocycles. The van der Waals surface area contributed by atoms with E-state index in [-0.39, 0.29) is 0 Å². The molecule has 1 aliphatic carbocycles. The SMILES string of the molecule is CC(C)(O)CCCCc1ccnc(NCCCCCc2nc(C3CC3)no2)n1. The van der Waals surface area contributed by atoms with Crippen molar-refractivity contribution in [1.29, 1.82) is 0 Å². The number of hydrogen-bond donors (Lipinski definition) is 2. The van der Waals surface area contributed by atoms with Crippen LogP contribution in [0.25, 0.3) is 0 Å². The van der Waals surface area contributed by atoms with Crippen molar-refractivity contribution in [3.63, 3.8) is 0 Å². The van der Waals surface area contributed by atoms with Crippen molar-refractivity contribution in [1.82, 2.24) is 20.1 Å². The first kappa shape index (κ1) is 20.7. The fraction of sp³-hybridized carbons (Fsp3) is 0.714. The minimum absolute atomic E-state index is 0.555. The molecule has 154 valence electrons. The summed E-state index contributed by atoms with van der Waals surface area (Å²) in [5.74, 6) is 2.93. The Morgan fingerprint density at radius 2 is 1.93 bits per heavy atom. The monoisotopic (exact) mass is 387 g/mol. The first-order valence-corrected chi connectivity index (χ1v) is 10.6. The van der Waals surface area contributed by atoms with Crippen LogP contribution in [0.5, 0.6) is 0 Å². The molecule has 2 N–H and O–H groups in total. The lowest BCUT2D eigenvalue weighted by atomic mass is 10.0. The molecule has 0 radical (unpaired) electrons. The van der Waals surface area contributed by atoms with Gasteiger partial charge in [0.05, 0.1) is 5.60 Å². The Labute approximate surface area is 167 Å². The Morgan fingerprint density at radius 3 is 2.71 bits per heavy atom. The van der Waals surface area contributed by atoms with E-state index in [9.17, 15) is 5.11 Å². The second kappa shape index (κ2) is 9.96. The van der Waals surface area contributed by atoms with Gasteiger partial charge in [-0.3, -0.25) is 0 Å². The minimum atomic E-state index is -0.582. The fourth-order valence-electron chi connectivity index (χ4n) is 3.14. The van der Waals surface area contributed by atoms with Gasteiger partial charge in [0.15, 0.2) is 5.82 Å². The van der Waals surface area contributed by atoms with Crippen LogP contribution in [0, 0.1) is 0 Å². The van der Waals surface area contributed by atoms with Crippen LogP contribution in [0.4, 0.5) is 5.95 Å². The van der Waals surface area contributed by atoms with Crippen LogP contribution in [0.1, 0.15) is 88.5 Å². The maximum absolute atomic E-state index is 9.76. The lowest BCUT2D eigenvalue weighted by molar-refractivity contribution is 0.0682. The second-order valence-corrected chi connectivity index (χ2v) is 8.45. The fourth-order valence-corrected chi connectivity index (χ4v) is 3.14. The van der Waals surface area contributed by atoms with Gasteiger partial charge in [0.2, 0.25) is 11.8 Å². The topological polar surface area (TPSA) is 97.0 Å². The van der Waals surface area contributed by atoms with Crippen molar-refractivity contribution >= 4 is 5.95 Å². The molecular formula is C21H33N5O2. The van der Waals surface area contributed by atoms with E-state index in [1.807, 2.05) is 26.1 Å². The predicted molar refractivity (Wildman–Crippen MR) is 108 cm³/mol. The second-order valence-electron chi connectivity index (χ2n) is 8.45. The quantitative estimate of drug-likeness (QED) is 0.500. The molecule has 0 spiro atoms. The third-order valence-electron chi connectivity index (χ3n) is 4.96. The molecule has 0 aromatic carbocycles. The highest BCUT2D eigenvalue weighted by molar-refractivity contribution is 5.24. The van der Waals surface area contributed by atoms with Crippen LogP contribution in [-0.2, 0) is 12.8 Å². The molecule has 0 saturated heterocycles. The van der Waals surface area contributed by atoms with E-state index in [1.165, 1.54) is 12.8 Å². The average molecular weight is 388 g/mol. The molecule has 0 atom stereocenters. The van der Waals surface area contributed by atoms with Crippen molar-refractivity contribution in [3.05, 3.63) is 29.7 Å². The Hall–Kier alpha value is -2.02. The number of aromatic nitrogens is 4. The molecule has 1 saturated carbocycles. The molecule has 0 aliphatic heterocycles. The van der Waals surface area contributed by atoms with Crippen LogP contribution < -0.4 is 5.32 Å². The maximum Gasteiger partial charge on any atom is 0.226 e. The zero-order valence-electron chi connectivity index (χ0n) is 17.2. The number of nitrogens with zero attached hydrogens (tertiary/aromatic N) is 4. The number of hydrogen-bond acceptors (Lipinski definition) is 7. The van der Waals surface area contributed by atoms with Crippen molar-refractivity contribution in [2.24, 2.45) is 0 Å². The standard InChI is InChI=1S/C21H33N5O2/c1-21(2,27)13-6-5-8-17-12-15-23-20(24-17)22-14-7-3-4-9-18-25-19(26-28-18)16-10-11-16/h12,15-16,27H,3-11,13-14H2,1-2H3,(H,22,23,24). The zero-order chi connectivity index (χ0) is 19.8. The Morgan fingerprint density at radius 1 is 1.11 bits per heavy atom. The molecule has 0 amide bonds. The number of aliphatic hydroxyl groups is 1. The summed E-state index contributed by atoms with van der Waals surface area (Å²) in [6, 6.07) is 1.97. The summed E-state index contributed by atoms with van der Waals surface area (Å²) in [6.07, 6.45) is 12.0. The summed E-state index contributed by atoms with van der Waals surface area (Å²) >= 11 is 0. The van der Waals surface area contributed by atoms with Crippen molar-refractivity contribution < 1.29 is 9.63 Å². The van der Waals surface area contributed by atoms with Gasteiger partial charge in [-0.25, -0.2) is 9.97 Å². The van der Waals surface area contributed by atoms with Gasteiger partial charge in [0.1, 0.15) is 0 Å². The van der Waals surface area contributed by atoms with Crippen molar-refractivity contribution in [3.8, 4) is 0 Å². The van der Waals surface area contributed by atoms with E-state index in [4.69, 9.17) is 4.52 Å². The van der Waals surface area contributed by atoms with Gasteiger partial charge in [0, 0.05) is 30.8 Å². The van der Waals surface area contributed by atoms with E-state index < -0.39 is 5.60 Å². The number of nitrogens with one attached hydrogen (secondary N) is 1. The maximum atomic E-state index is 9.76. The number of aryl methyl sites for hydroxylation is 2. The zero-order valence-corrected chi connectivity index (χ0v) is 17.2. The summed E-state index contributed by atoms with van der Waals surface area (Å²) < 4.78 is 5.30. The van der Waals surface area contributed by atoms with Crippen LogP contribution in [0.15, 0.2) is 16.8 Å². The summed E-state index contributed by atoms with van der Waals surface area (Å²) in [6.45, 7) is 4.57. The predicted octanol–water partition coefficient (Wildman–Crippen LogP) is 4.05. The van der Waals surface area contributed by atoms with Gasteiger partial charge >= 0.3 is 0 Å². The third kappa shape index (κ3) is 7.54. The molecule has 3 rings (SSSR count). The van der Waals surface area contributed by atoms with E-state index in [0.29, 0.717) is 11.9 Å². The summed E-state index contributed by atoms with van der Waals surface area (Å²) in [7, 11) is 0. The van der Waals surface area contributed by atoms with Crippen molar-refractivity contribution in [2.45, 2.75) is 89.6 Å². The number of unbranched alkanes of at least 4 members (excludes halogenated alkanes) is 3. The van der Waals surface area contributed by atoms with Crippen LogP contribution >= 0.6 is 0 Å². The highest BCUT2D eigenvalue weighted by atomic mass is 16.5. The average Bonchev–Trinajstić information content (AvgIpc) is 3.40. The number of rotatable bonds is 13. The van der Waals surface area contributed by atoms with Gasteiger partial charge in [-0.05, 0) is 64.9 Å². The van der Waals surface area contributed by atoms with Gasteiger partial charge < -0.3 is 14.9 Å². The van der Waals surface area contributed by atoms with Crippen LogP contribution in [-0.4, -0.2) is 37.4 Å². The lowest BCUT2D eigenvalue weighted by Crippen LogP contribution is -2.17. The minimum Gasteiger partial charge on any atom is -0.390 e. The van der Waals surface area contributed by atoms with E-state index in [1.54, 1.807) is 0 Å². The molecule has 2 heterocycles. The highest BCUT2D eigenvalue weighted by Gasteiger charge is 2.28. The Kier molecular flexibility index (Phi) is 7.36. The summed E-state index contributed by atoms with van der Waals surface area (Å²) in [4.78, 5) is 13.3. The van der Waals surface area contributed by atoms with Gasteiger partial charge in [-0.1, -0.05) is 18.0 Å². The smallest absolute Gasteiger partial charge is 0.226 e. The summed E-state index contributed by atoms with van der Waals surface area (Å²) in [5.41, 5.74) is 0.470. The lowest BCUT2D eigenvalue weighted by Gasteiger charge is -2.16. The van der Waals surface area contributed by atoms with E-state index >= 15 is 0 Å². The summed E-state index contributed by atoms with van der Waals surface area (Å²) in [5, 5.41) is 17.1. The molecular weight excluding hydrogens is 354 g/mol. The van der Waals surface area contributed by atoms with Crippen LogP contribution in [0.3, 0.4) is 0 Å². The van der Waals surface area contributed by atoms with Gasteiger partial charge in [-0.15, -0.1) is 0 Å². The molecule has 7 nitrogen and oxygen atoms in total. The molecule has 7 heteroatoms. The largest absolute Gasteiger partial charge is 0.390 e. The first-order valence-electron chi connectivity index (χ1n) is 10.6. The molecule has 2 aromatic rings.